The Labute approximate surface area is 154 Å². The molecule has 0 aliphatic rings. The van der Waals surface area contributed by atoms with Crippen LogP contribution >= 0.6 is 27.5 Å². The lowest BCUT2D eigenvalue weighted by atomic mass is 10.2. The number of nitrogens with zero attached hydrogens (tertiary/aromatic N) is 2. The van der Waals surface area contributed by atoms with E-state index in [0.29, 0.717) is 16.8 Å². The van der Waals surface area contributed by atoms with Gasteiger partial charge in [0.15, 0.2) is 6.04 Å². The van der Waals surface area contributed by atoms with Gasteiger partial charge in [0.25, 0.3) is 5.89 Å². The van der Waals surface area contributed by atoms with E-state index in [1.807, 2.05) is 24.3 Å². The molecule has 1 unspecified atom stereocenters. The summed E-state index contributed by atoms with van der Waals surface area (Å²) in [5.41, 5.74) is 2.09. The Balaban J connectivity index is 1.73. The third-order valence-electron chi connectivity index (χ3n) is 4.02. The Morgan fingerprint density at radius 1 is 1.17 bits per heavy atom. The van der Waals surface area contributed by atoms with Crippen molar-refractivity contribution in [3.05, 3.63) is 69.5 Å². The maximum absolute atomic E-state index is 6.02. The quantitative estimate of drug-likeness (QED) is 0.697. The van der Waals surface area contributed by atoms with Crippen LogP contribution in [0.4, 0.5) is 0 Å². The summed E-state index contributed by atoms with van der Waals surface area (Å²) < 4.78 is 6.94. The fourth-order valence-corrected chi connectivity index (χ4v) is 2.89. The molecule has 0 amide bonds. The molecule has 4 nitrogen and oxygen atoms in total. The van der Waals surface area contributed by atoms with Crippen LogP contribution in [0.1, 0.15) is 24.4 Å². The molecule has 0 bridgehead atoms. The van der Waals surface area contributed by atoms with Crippen molar-refractivity contribution in [3.8, 4) is 11.5 Å². The molecule has 0 aliphatic heterocycles. The minimum absolute atomic E-state index is 0.0917. The lowest BCUT2D eigenvalue weighted by Crippen LogP contribution is -3.07. The van der Waals surface area contributed by atoms with E-state index < -0.39 is 0 Å². The van der Waals surface area contributed by atoms with Gasteiger partial charge in [-0.25, -0.2) is 0 Å². The largest absolute Gasteiger partial charge is 0.415 e. The van der Waals surface area contributed by atoms with Gasteiger partial charge >= 0.3 is 0 Å². The number of halogens is 2. The van der Waals surface area contributed by atoms with Gasteiger partial charge in [-0.05, 0) is 37.3 Å². The molecule has 0 saturated heterocycles. The van der Waals surface area contributed by atoms with E-state index in [-0.39, 0.29) is 6.04 Å². The van der Waals surface area contributed by atoms with E-state index in [0.717, 1.165) is 16.6 Å². The van der Waals surface area contributed by atoms with E-state index in [1.54, 1.807) is 0 Å². The van der Waals surface area contributed by atoms with E-state index >= 15 is 0 Å². The van der Waals surface area contributed by atoms with Crippen molar-refractivity contribution in [2.45, 2.75) is 19.5 Å². The molecule has 24 heavy (non-hydrogen) atoms. The molecule has 3 aromatic rings. The van der Waals surface area contributed by atoms with Gasteiger partial charge in [0.2, 0.25) is 5.89 Å². The summed E-state index contributed by atoms with van der Waals surface area (Å²) in [4.78, 5) is 1.28. The summed E-state index contributed by atoms with van der Waals surface area (Å²) in [7, 11) is 2.12. The maximum Gasteiger partial charge on any atom is 0.274 e. The van der Waals surface area contributed by atoms with E-state index in [2.05, 4.69) is 64.4 Å². The third-order valence-corrected chi connectivity index (χ3v) is 4.78. The summed E-state index contributed by atoms with van der Waals surface area (Å²) in [5, 5.41) is 9.02. The Morgan fingerprint density at radius 2 is 1.92 bits per heavy atom. The van der Waals surface area contributed by atoms with E-state index in [9.17, 15) is 0 Å². The van der Waals surface area contributed by atoms with Crippen LogP contribution in [0.5, 0.6) is 0 Å². The number of quaternary nitrogens is 1. The lowest BCUT2D eigenvalue weighted by molar-refractivity contribution is -0.925. The van der Waals surface area contributed by atoms with Crippen LogP contribution in [0.25, 0.3) is 11.5 Å². The lowest BCUT2D eigenvalue weighted by Gasteiger charge is -2.18. The highest BCUT2D eigenvalue weighted by atomic mass is 79.9. The zero-order valence-corrected chi connectivity index (χ0v) is 15.8. The zero-order chi connectivity index (χ0) is 17.1. The number of benzene rings is 2. The van der Waals surface area contributed by atoms with Crippen molar-refractivity contribution >= 4 is 27.5 Å². The average Bonchev–Trinajstić information content (AvgIpc) is 3.06. The fourth-order valence-electron chi connectivity index (χ4n) is 2.44. The Bertz CT molecular complexity index is 819. The first-order chi connectivity index (χ1) is 11.5. The Hall–Kier alpha value is -1.69. The molecule has 6 heteroatoms. The minimum Gasteiger partial charge on any atom is -0.415 e. The number of hydrogen-bond donors (Lipinski definition) is 1. The summed E-state index contributed by atoms with van der Waals surface area (Å²) >= 11 is 9.48. The first kappa shape index (κ1) is 17.1. The molecular weight excluding hydrogens is 390 g/mol. The number of aromatic nitrogens is 2. The summed E-state index contributed by atoms with van der Waals surface area (Å²) in [5.74, 6) is 1.12. The van der Waals surface area contributed by atoms with Crippen molar-refractivity contribution in [1.29, 1.82) is 0 Å². The van der Waals surface area contributed by atoms with Crippen LogP contribution in [0, 0.1) is 0 Å². The molecule has 1 N–H and O–H groups in total. The summed E-state index contributed by atoms with van der Waals surface area (Å²) in [6.07, 6.45) is 0. The standard InChI is InChI=1S/C18H17BrClN3O/c1-12(23(2)11-13-6-8-15(19)9-7-13)17-21-22-18(24-17)14-4-3-5-16(20)10-14/h3-10,12H,11H2,1-2H3/p+1/t12-/m1/s1. The van der Waals surface area contributed by atoms with Gasteiger partial charge in [0, 0.05) is 20.6 Å². The predicted octanol–water partition coefficient (Wildman–Crippen LogP) is 3.93. The highest BCUT2D eigenvalue weighted by Gasteiger charge is 2.22. The van der Waals surface area contributed by atoms with Gasteiger partial charge < -0.3 is 9.32 Å². The van der Waals surface area contributed by atoms with E-state index in [1.165, 1.54) is 10.5 Å². The monoisotopic (exact) mass is 406 g/mol. The van der Waals surface area contributed by atoms with Crippen molar-refractivity contribution in [2.24, 2.45) is 0 Å². The van der Waals surface area contributed by atoms with E-state index in [4.69, 9.17) is 16.0 Å². The van der Waals surface area contributed by atoms with Crippen LogP contribution in [0.3, 0.4) is 0 Å². The van der Waals surface area contributed by atoms with Crippen molar-refractivity contribution in [2.75, 3.05) is 7.05 Å². The van der Waals surface area contributed by atoms with Gasteiger partial charge in [0.05, 0.1) is 7.05 Å². The van der Waals surface area contributed by atoms with Gasteiger partial charge in [-0.15, -0.1) is 10.2 Å². The van der Waals surface area contributed by atoms with Gasteiger partial charge in [-0.3, -0.25) is 0 Å². The van der Waals surface area contributed by atoms with Crippen LogP contribution in [-0.2, 0) is 6.54 Å². The normalized spacial score (nSPS) is 13.7. The average molecular weight is 408 g/mol. The smallest absolute Gasteiger partial charge is 0.274 e. The molecule has 2 aromatic carbocycles. The van der Waals surface area contributed by atoms with Gasteiger partial charge in [0.1, 0.15) is 6.54 Å². The predicted molar refractivity (Wildman–Crippen MR) is 97.9 cm³/mol. The SMILES string of the molecule is C[C@H](c1nnc(-c2cccc(Cl)c2)o1)[NH+](C)Cc1ccc(Br)cc1. The minimum atomic E-state index is 0.0917. The number of nitrogens with one attached hydrogen (secondary N) is 1. The fraction of sp³-hybridized carbons (Fsp3) is 0.222. The third kappa shape index (κ3) is 4.04. The molecule has 2 atom stereocenters. The van der Waals surface area contributed by atoms with Crippen LogP contribution < -0.4 is 4.90 Å². The Morgan fingerprint density at radius 3 is 2.62 bits per heavy atom. The molecule has 0 radical (unpaired) electrons. The molecule has 124 valence electrons. The van der Waals surface area contributed by atoms with Crippen LogP contribution in [0.2, 0.25) is 5.02 Å². The topological polar surface area (TPSA) is 43.4 Å². The maximum atomic E-state index is 6.02. The van der Waals surface area contributed by atoms with Crippen molar-refractivity contribution in [3.63, 3.8) is 0 Å². The first-order valence-electron chi connectivity index (χ1n) is 7.69. The second kappa shape index (κ2) is 7.47. The zero-order valence-electron chi connectivity index (χ0n) is 13.5. The summed E-state index contributed by atoms with van der Waals surface area (Å²) in [6.45, 7) is 2.97. The van der Waals surface area contributed by atoms with Gasteiger partial charge in [-0.2, -0.15) is 0 Å². The molecular formula is C18H18BrClN3O+. The molecule has 0 spiro atoms. The molecule has 0 aliphatic carbocycles. The second-order valence-corrected chi connectivity index (χ2v) is 7.18. The molecule has 0 saturated carbocycles. The van der Waals surface area contributed by atoms with Gasteiger partial charge in [-0.1, -0.05) is 45.7 Å². The van der Waals surface area contributed by atoms with Crippen molar-refractivity contribution < 1.29 is 9.32 Å². The molecule has 0 fully saturated rings. The number of rotatable bonds is 5. The van der Waals surface area contributed by atoms with Crippen LogP contribution in [0.15, 0.2) is 57.4 Å². The highest BCUT2D eigenvalue weighted by Crippen LogP contribution is 2.22. The van der Waals surface area contributed by atoms with Crippen LogP contribution in [-0.4, -0.2) is 17.2 Å². The number of hydrogen-bond acceptors (Lipinski definition) is 3. The molecule has 1 heterocycles. The second-order valence-electron chi connectivity index (χ2n) is 5.83. The summed E-state index contributed by atoms with van der Waals surface area (Å²) in [6, 6.07) is 15.9. The molecule has 1 aromatic heterocycles. The van der Waals surface area contributed by atoms with Crippen molar-refractivity contribution in [1.82, 2.24) is 10.2 Å². The molecule has 3 rings (SSSR count). The first-order valence-corrected chi connectivity index (χ1v) is 8.86. The Kier molecular flexibility index (Phi) is 5.33. The highest BCUT2D eigenvalue weighted by molar-refractivity contribution is 9.10.